The van der Waals surface area contributed by atoms with Crippen LogP contribution in [0.1, 0.15) is 31.2 Å². The number of rotatable bonds is 3. The number of nitrogens with zero attached hydrogens (tertiary/aromatic N) is 2. The fourth-order valence-electron chi connectivity index (χ4n) is 1.58. The topological polar surface area (TPSA) is 61.0 Å². The summed E-state index contributed by atoms with van der Waals surface area (Å²) in [4.78, 5) is 8.64. The number of hydrogen-bond acceptors (Lipinski definition) is 4. The monoisotopic (exact) mass is 243 g/mol. The number of aryl methyl sites for hydroxylation is 1. The van der Waals surface area contributed by atoms with Crippen molar-refractivity contribution in [3.05, 3.63) is 41.7 Å². The molecule has 94 valence electrons. The van der Waals surface area contributed by atoms with Gasteiger partial charge >= 0.3 is 6.01 Å². The molecule has 1 aromatic carbocycles. The summed E-state index contributed by atoms with van der Waals surface area (Å²) in [7, 11) is 0. The van der Waals surface area contributed by atoms with Crippen LogP contribution < -0.4 is 10.5 Å². The fraction of sp³-hybridized carbons (Fsp3) is 0.286. The summed E-state index contributed by atoms with van der Waals surface area (Å²) in [5.41, 5.74) is 8.25. The lowest BCUT2D eigenvalue weighted by molar-refractivity contribution is 0.438. The molecule has 2 N–H and O–H groups in total. The second-order valence-electron chi connectivity index (χ2n) is 4.51. The van der Waals surface area contributed by atoms with E-state index in [-0.39, 0.29) is 0 Å². The Labute approximate surface area is 107 Å². The average Bonchev–Trinajstić information content (AvgIpc) is 2.31. The number of nitrogen functional groups attached to an aromatic ring is 1. The van der Waals surface area contributed by atoms with E-state index < -0.39 is 0 Å². The molecule has 0 amide bonds. The van der Waals surface area contributed by atoms with E-state index in [1.807, 2.05) is 25.1 Å². The van der Waals surface area contributed by atoms with Crippen molar-refractivity contribution in [2.45, 2.75) is 26.7 Å². The van der Waals surface area contributed by atoms with Gasteiger partial charge in [0, 0.05) is 5.69 Å². The number of nitrogens with two attached hydrogens (primary N) is 1. The van der Waals surface area contributed by atoms with Gasteiger partial charge in [0.15, 0.2) is 5.75 Å². The standard InChI is InChI=1S/C14H17N3O/c1-9(2)12-8-10(3)16-14(17-12)18-13-7-5-4-6-11(13)15/h4-9H,15H2,1-3H3. The Morgan fingerprint density at radius 2 is 1.89 bits per heavy atom. The highest BCUT2D eigenvalue weighted by molar-refractivity contribution is 5.52. The molecule has 0 aliphatic carbocycles. The van der Waals surface area contributed by atoms with Gasteiger partial charge in [0.05, 0.1) is 11.4 Å². The highest BCUT2D eigenvalue weighted by Gasteiger charge is 2.08. The van der Waals surface area contributed by atoms with Crippen molar-refractivity contribution in [3.63, 3.8) is 0 Å². The molecular formula is C14H17N3O. The van der Waals surface area contributed by atoms with Gasteiger partial charge < -0.3 is 10.5 Å². The number of ether oxygens (including phenoxy) is 1. The van der Waals surface area contributed by atoms with E-state index in [4.69, 9.17) is 10.5 Å². The van der Waals surface area contributed by atoms with Crippen molar-refractivity contribution in [3.8, 4) is 11.8 Å². The summed E-state index contributed by atoms with van der Waals surface area (Å²) >= 11 is 0. The number of para-hydroxylation sites is 2. The van der Waals surface area contributed by atoms with Gasteiger partial charge in [0.25, 0.3) is 0 Å². The van der Waals surface area contributed by atoms with E-state index in [0.29, 0.717) is 23.4 Å². The Kier molecular flexibility index (Phi) is 3.46. The third kappa shape index (κ3) is 2.77. The normalized spacial score (nSPS) is 10.7. The summed E-state index contributed by atoms with van der Waals surface area (Å²) in [6.45, 7) is 6.10. The van der Waals surface area contributed by atoms with Crippen LogP contribution >= 0.6 is 0 Å². The van der Waals surface area contributed by atoms with E-state index >= 15 is 0 Å². The molecule has 0 aliphatic rings. The maximum atomic E-state index is 5.82. The Morgan fingerprint density at radius 3 is 2.56 bits per heavy atom. The van der Waals surface area contributed by atoms with Gasteiger partial charge in [-0.3, -0.25) is 0 Å². The molecule has 2 rings (SSSR count). The van der Waals surface area contributed by atoms with Crippen molar-refractivity contribution < 1.29 is 4.74 Å². The van der Waals surface area contributed by atoms with E-state index in [1.165, 1.54) is 0 Å². The number of anilines is 1. The van der Waals surface area contributed by atoms with Crippen molar-refractivity contribution in [2.75, 3.05) is 5.73 Å². The highest BCUT2D eigenvalue weighted by Crippen LogP contribution is 2.25. The minimum absolute atomic E-state index is 0.335. The SMILES string of the molecule is Cc1cc(C(C)C)nc(Oc2ccccc2N)n1. The van der Waals surface area contributed by atoms with Crippen LogP contribution in [-0.2, 0) is 0 Å². The minimum Gasteiger partial charge on any atom is -0.422 e. The molecule has 0 unspecified atom stereocenters. The van der Waals surface area contributed by atoms with Crippen LogP contribution in [0.2, 0.25) is 0 Å². The molecule has 0 saturated heterocycles. The van der Waals surface area contributed by atoms with Gasteiger partial charge in [-0.25, -0.2) is 4.98 Å². The number of aromatic nitrogens is 2. The molecule has 0 saturated carbocycles. The average molecular weight is 243 g/mol. The second-order valence-corrected chi connectivity index (χ2v) is 4.51. The Morgan fingerprint density at radius 1 is 1.17 bits per heavy atom. The maximum absolute atomic E-state index is 5.82. The molecule has 0 aliphatic heterocycles. The molecule has 0 radical (unpaired) electrons. The highest BCUT2D eigenvalue weighted by atomic mass is 16.5. The smallest absolute Gasteiger partial charge is 0.322 e. The molecule has 1 aromatic heterocycles. The zero-order valence-electron chi connectivity index (χ0n) is 10.8. The maximum Gasteiger partial charge on any atom is 0.322 e. The minimum atomic E-state index is 0.335. The van der Waals surface area contributed by atoms with Crippen LogP contribution in [0.4, 0.5) is 5.69 Å². The van der Waals surface area contributed by atoms with Crippen molar-refractivity contribution in [1.29, 1.82) is 0 Å². The van der Waals surface area contributed by atoms with Gasteiger partial charge in [0.2, 0.25) is 0 Å². The first kappa shape index (κ1) is 12.4. The third-order valence-corrected chi connectivity index (χ3v) is 2.57. The summed E-state index contributed by atoms with van der Waals surface area (Å²) in [5.74, 6) is 0.917. The van der Waals surface area contributed by atoms with Gasteiger partial charge in [-0.2, -0.15) is 4.98 Å². The van der Waals surface area contributed by atoms with E-state index in [0.717, 1.165) is 11.4 Å². The predicted octanol–water partition coefficient (Wildman–Crippen LogP) is 3.28. The molecule has 0 bridgehead atoms. The lowest BCUT2D eigenvalue weighted by Gasteiger charge is -2.10. The van der Waals surface area contributed by atoms with Crippen molar-refractivity contribution >= 4 is 5.69 Å². The van der Waals surface area contributed by atoms with Crippen LogP contribution in [0.3, 0.4) is 0 Å². The molecule has 0 spiro atoms. The first-order valence-electron chi connectivity index (χ1n) is 5.94. The third-order valence-electron chi connectivity index (χ3n) is 2.57. The van der Waals surface area contributed by atoms with Gasteiger partial charge in [0.1, 0.15) is 0 Å². The first-order valence-corrected chi connectivity index (χ1v) is 5.94. The van der Waals surface area contributed by atoms with E-state index in [1.54, 1.807) is 12.1 Å². The summed E-state index contributed by atoms with van der Waals surface area (Å²) in [5, 5.41) is 0. The summed E-state index contributed by atoms with van der Waals surface area (Å²) in [6, 6.07) is 9.62. The lowest BCUT2D eigenvalue weighted by atomic mass is 10.1. The zero-order chi connectivity index (χ0) is 13.1. The van der Waals surface area contributed by atoms with Gasteiger partial charge in [-0.15, -0.1) is 0 Å². The van der Waals surface area contributed by atoms with Crippen LogP contribution in [0, 0.1) is 6.92 Å². The Hall–Kier alpha value is -2.10. The summed E-state index contributed by atoms with van der Waals surface area (Å²) in [6.07, 6.45) is 0. The largest absolute Gasteiger partial charge is 0.422 e. The number of benzene rings is 1. The van der Waals surface area contributed by atoms with Crippen molar-refractivity contribution in [2.24, 2.45) is 0 Å². The van der Waals surface area contributed by atoms with E-state index in [2.05, 4.69) is 23.8 Å². The molecular weight excluding hydrogens is 226 g/mol. The van der Waals surface area contributed by atoms with E-state index in [9.17, 15) is 0 Å². The molecule has 18 heavy (non-hydrogen) atoms. The molecule has 4 nitrogen and oxygen atoms in total. The Balaban J connectivity index is 2.32. The number of hydrogen-bond donors (Lipinski definition) is 1. The zero-order valence-corrected chi connectivity index (χ0v) is 10.8. The van der Waals surface area contributed by atoms with Gasteiger partial charge in [-0.1, -0.05) is 26.0 Å². The quantitative estimate of drug-likeness (QED) is 0.840. The fourth-order valence-corrected chi connectivity index (χ4v) is 1.58. The van der Waals surface area contributed by atoms with Crippen LogP contribution in [0.5, 0.6) is 11.8 Å². The molecule has 0 atom stereocenters. The van der Waals surface area contributed by atoms with Crippen LogP contribution in [0.15, 0.2) is 30.3 Å². The van der Waals surface area contributed by atoms with Crippen molar-refractivity contribution in [1.82, 2.24) is 9.97 Å². The Bertz CT molecular complexity index is 552. The van der Waals surface area contributed by atoms with Crippen LogP contribution in [-0.4, -0.2) is 9.97 Å². The molecule has 1 heterocycles. The summed E-state index contributed by atoms with van der Waals surface area (Å²) < 4.78 is 5.63. The first-order chi connectivity index (χ1) is 8.56. The van der Waals surface area contributed by atoms with Gasteiger partial charge in [-0.05, 0) is 31.0 Å². The molecule has 0 fully saturated rings. The molecule has 4 heteroatoms. The lowest BCUT2D eigenvalue weighted by Crippen LogP contribution is -2.01. The molecule has 2 aromatic rings. The predicted molar refractivity (Wildman–Crippen MR) is 71.8 cm³/mol. The van der Waals surface area contributed by atoms with Crippen LogP contribution in [0.25, 0.3) is 0 Å². The second kappa shape index (κ2) is 5.04.